The maximum atomic E-state index is 11.9. The molecule has 0 unspecified atom stereocenters. The molecule has 1 N–H and O–H groups in total. The van der Waals surface area contributed by atoms with Gasteiger partial charge in [-0.3, -0.25) is 4.79 Å². The van der Waals surface area contributed by atoms with E-state index < -0.39 is 5.97 Å². The van der Waals surface area contributed by atoms with Crippen molar-refractivity contribution in [2.75, 3.05) is 13.2 Å². The fourth-order valence-corrected chi connectivity index (χ4v) is 1.86. The van der Waals surface area contributed by atoms with E-state index in [9.17, 15) is 14.7 Å². The van der Waals surface area contributed by atoms with Crippen molar-refractivity contribution in [2.24, 2.45) is 0 Å². The molecule has 1 radical (unpaired) electrons. The molecule has 2 aliphatic rings. The fourth-order valence-electron chi connectivity index (χ4n) is 1.86. The Morgan fingerprint density at radius 2 is 2.18 bits per heavy atom. The first kappa shape index (κ1) is 14.5. The van der Waals surface area contributed by atoms with Crippen molar-refractivity contribution in [1.29, 1.82) is 0 Å². The minimum absolute atomic E-state index is 0. The molecule has 1 fully saturated rings. The van der Waals surface area contributed by atoms with Crippen LogP contribution in [0.1, 0.15) is 26.2 Å². The third-order valence-corrected chi connectivity index (χ3v) is 2.82. The van der Waals surface area contributed by atoms with Crippen LogP contribution < -0.4 is 0 Å². The monoisotopic (exact) mass is 248 g/mol. The number of aliphatic hydroxyl groups excluding tert-OH is 1. The predicted molar refractivity (Wildman–Crippen MR) is 61.4 cm³/mol. The maximum Gasteiger partial charge on any atom is 0.347 e. The summed E-state index contributed by atoms with van der Waals surface area (Å²) in [5.41, 5.74) is -0.181. The fraction of sp³-hybridized carbons (Fsp3) is 0.636. The van der Waals surface area contributed by atoms with Crippen molar-refractivity contribution in [3.63, 3.8) is 0 Å². The van der Waals surface area contributed by atoms with E-state index in [2.05, 4.69) is 0 Å². The molecule has 1 aliphatic carbocycles. The van der Waals surface area contributed by atoms with Gasteiger partial charge in [-0.05, 0) is 19.8 Å². The molecule has 0 spiro atoms. The SMILES string of the molecule is CCOC(=O)C1=C(O)CCN(C2CC2)C1=O.[Na]. The van der Waals surface area contributed by atoms with Gasteiger partial charge in [0.25, 0.3) is 5.91 Å². The number of hydrogen-bond acceptors (Lipinski definition) is 4. The summed E-state index contributed by atoms with van der Waals surface area (Å²) in [6, 6.07) is 0.255. The molecular formula is C11H15NNaO4. The van der Waals surface area contributed by atoms with Crippen molar-refractivity contribution in [3.8, 4) is 0 Å². The van der Waals surface area contributed by atoms with E-state index in [1.165, 1.54) is 0 Å². The zero-order valence-electron chi connectivity index (χ0n) is 10.2. The first-order chi connectivity index (χ1) is 7.65. The van der Waals surface area contributed by atoms with Crippen molar-refractivity contribution in [2.45, 2.75) is 32.2 Å². The Morgan fingerprint density at radius 1 is 1.53 bits per heavy atom. The van der Waals surface area contributed by atoms with E-state index in [0.717, 1.165) is 12.8 Å². The Bertz CT molecular complexity index is 362. The standard InChI is InChI=1S/C11H15NO4.Na/c1-2-16-11(15)9-8(13)5-6-12(10(9)14)7-3-4-7;/h7,13H,2-6H2,1H3;. The van der Waals surface area contributed by atoms with Gasteiger partial charge < -0.3 is 14.7 Å². The number of esters is 1. The van der Waals surface area contributed by atoms with Crippen molar-refractivity contribution in [3.05, 3.63) is 11.3 Å². The van der Waals surface area contributed by atoms with E-state index in [1.807, 2.05) is 0 Å². The smallest absolute Gasteiger partial charge is 0.347 e. The third kappa shape index (κ3) is 3.03. The molecular weight excluding hydrogens is 233 g/mol. The molecule has 1 saturated carbocycles. The van der Waals surface area contributed by atoms with Crippen LogP contribution in [0.25, 0.3) is 0 Å². The van der Waals surface area contributed by atoms with Crippen LogP contribution in [0.2, 0.25) is 0 Å². The van der Waals surface area contributed by atoms with Gasteiger partial charge in [0.2, 0.25) is 0 Å². The molecule has 1 heterocycles. The van der Waals surface area contributed by atoms with E-state index in [0.29, 0.717) is 13.0 Å². The average Bonchev–Trinajstić information content (AvgIpc) is 3.02. The molecule has 0 bridgehead atoms. The molecule has 0 aromatic heterocycles. The first-order valence-electron chi connectivity index (χ1n) is 5.55. The molecule has 0 aromatic carbocycles. The van der Waals surface area contributed by atoms with Crippen LogP contribution in [0.4, 0.5) is 0 Å². The van der Waals surface area contributed by atoms with E-state index in [-0.39, 0.29) is 59.4 Å². The van der Waals surface area contributed by atoms with Gasteiger partial charge in [0.15, 0.2) is 5.57 Å². The Hall–Kier alpha value is -0.520. The summed E-state index contributed by atoms with van der Waals surface area (Å²) in [5.74, 6) is -1.24. The van der Waals surface area contributed by atoms with Crippen molar-refractivity contribution >= 4 is 41.4 Å². The molecule has 0 aromatic rings. The average molecular weight is 248 g/mol. The van der Waals surface area contributed by atoms with Gasteiger partial charge in [0, 0.05) is 48.6 Å². The van der Waals surface area contributed by atoms with Crippen LogP contribution >= 0.6 is 0 Å². The first-order valence-corrected chi connectivity index (χ1v) is 5.55. The van der Waals surface area contributed by atoms with Crippen molar-refractivity contribution in [1.82, 2.24) is 4.90 Å². The molecule has 6 heteroatoms. The second-order valence-corrected chi connectivity index (χ2v) is 4.02. The summed E-state index contributed by atoms with van der Waals surface area (Å²) < 4.78 is 4.77. The largest absolute Gasteiger partial charge is 0.511 e. The van der Waals surface area contributed by atoms with Gasteiger partial charge in [-0.2, -0.15) is 0 Å². The van der Waals surface area contributed by atoms with Crippen LogP contribution in [0.3, 0.4) is 0 Å². The number of carbonyl (C=O) groups excluding carboxylic acids is 2. The Balaban J connectivity index is 0.00000144. The topological polar surface area (TPSA) is 66.8 Å². The molecule has 2 rings (SSSR count). The predicted octanol–water partition coefficient (Wildman–Crippen LogP) is 0.375. The van der Waals surface area contributed by atoms with E-state index in [4.69, 9.17) is 4.74 Å². The number of ether oxygens (including phenoxy) is 1. The molecule has 89 valence electrons. The van der Waals surface area contributed by atoms with Crippen LogP contribution in [-0.2, 0) is 14.3 Å². The summed E-state index contributed by atoms with van der Waals surface area (Å²) in [4.78, 5) is 25.1. The van der Waals surface area contributed by atoms with Crippen LogP contribution in [0, 0.1) is 0 Å². The molecule has 1 amide bonds. The zero-order valence-corrected chi connectivity index (χ0v) is 12.2. The zero-order chi connectivity index (χ0) is 11.7. The summed E-state index contributed by atoms with van der Waals surface area (Å²) in [6.07, 6.45) is 2.32. The van der Waals surface area contributed by atoms with E-state index in [1.54, 1.807) is 11.8 Å². The van der Waals surface area contributed by atoms with Gasteiger partial charge >= 0.3 is 5.97 Å². The third-order valence-electron chi connectivity index (χ3n) is 2.82. The molecule has 5 nitrogen and oxygen atoms in total. The number of hydrogen-bond donors (Lipinski definition) is 1. The summed E-state index contributed by atoms with van der Waals surface area (Å²) in [6.45, 7) is 2.37. The van der Waals surface area contributed by atoms with Crippen LogP contribution in [0.5, 0.6) is 0 Å². The number of nitrogens with zero attached hydrogens (tertiary/aromatic N) is 1. The summed E-state index contributed by atoms with van der Waals surface area (Å²) in [5, 5.41) is 9.59. The molecule has 0 atom stereocenters. The summed E-state index contributed by atoms with van der Waals surface area (Å²) in [7, 11) is 0. The number of rotatable bonds is 3. The van der Waals surface area contributed by atoms with Crippen LogP contribution in [0.15, 0.2) is 11.3 Å². The van der Waals surface area contributed by atoms with Gasteiger partial charge in [0.1, 0.15) is 5.76 Å². The number of carbonyl (C=O) groups is 2. The Kier molecular flexibility index (Phi) is 5.04. The summed E-state index contributed by atoms with van der Waals surface area (Å²) >= 11 is 0. The quantitative estimate of drug-likeness (QED) is 0.445. The van der Waals surface area contributed by atoms with Gasteiger partial charge in [-0.1, -0.05) is 0 Å². The minimum atomic E-state index is -0.713. The minimum Gasteiger partial charge on any atom is -0.511 e. The molecule has 1 aliphatic heterocycles. The number of aliphatic hydroxyl groups is 1. The Morgan fingerprint density at radius 3 is 2.71 bits per heavy atom. The van der Waals surface area contributed by atoms with Crippen molar-refractivity contribution < 1.29 is 19.4 Å². The molecule has 17 heavy (non-hydrogen) atoms. The van der Waals surface area contributed by atoms with Gasteiger partial charge in [0.05, 0.1) is 6.61 Å². The normalized spacial score (nSPS) is 20.1. The maximum absolute atomic E-state index is 11.9. The Labute approximate surface area is 122 Å². The number of amides is 1. The van der Waals surface area contributed by atoms with Gasteiger partial charge in [-0.15, -0.1) is 0 Å². The van der Waals surface area contributed by atoms with Gasteiger partial charge in [-0.25, -0.2) is 4.79 Å². The van der Waals surface area contributed by atoms with Crippen LogP contribution in [-0.4, -0.2) is 70.6 Å². The van der Waals surface area contributed by atoms with E-state index >= 15 is 0 Å². The second kappa shape index (κ2) is 5.89. The molecule has 0 saturated heterocycles. The second-order valence-electron chi connectivity index (χ2n) is 4.02.